The van der Waals surface area contributed by atoms with Gasteiger partial charge in [0.1, 0.15) is 6.04 Å². The van der Waals surface area contributed by atoms with Crippen LogP contribution in [0.5, 0.6) is 0 Å². The Labute approximate surface area is 102 Å². The second-order valence-corrected chi connectivity index (χ2v) is 6.90. The van der Waals surface area contributed by atoms with Gasteiger partial charge in [0.2, 0.25) is 0 Å². The smallest absolute Gasteiger partial charge is 0.323 e. The van der Waals surface area contributed by atoms with Crippen molar-refractivity contribution in [2.45, 2.75) is 43.2 Å². The predicted molar refractivity (Wildman–Crippen MR) is 66.6 cm³/mol. The molecule has 0 N–H and O–H groups in total. The highest BCUT2D eigenvalue weighted by Gasteiger charge is 2.42. The van der Waals surface area contributed by atoms with Crippen molar-refractivity contribution < 1.29 is 9.53 Å². The third-order valence-electron chi connectivity index (χ3n) is 3.35. The van der Waals surface area contributed by atoms with E-state index in [0.717, 1.165) is 13.1 Å². The molecule has 1 saturated carbocycles. The lowest BCUT2D eigenvalue weighted by atomic mass is 10.1. The van der Waals surface area contributed by atoms with Gasteiger partial charge in [0.15, 0.2) is 0 Å². The fourth-order valence-corrected chi connectivity index (χ4v) is 3.97. The topological polar surface area (TPSA) is 29.5 Å². The largest absolute Gasteiger partial charge is 0.468 e. The fraction of sp³-hybridized carbons (Fsp3) is 0.917. The molecule has 2 fully saturated rings. The molecule has 1 heterocycles. The van der Waals surface area contributed by atoms with Crippen LogP contribution in [0.1, 0.15) is 26.7 Å². The summed E-state index contributed by atoms with van der Waals surface area (Å²) in [6.07, 6.45) is 2.37. The first-order valence-electron chi connectivity index (χ1n) is 6.09. The maximum absolute atomic E-state index is 11.8. The van der Waals surface area contributed by atoms with Gasteiger partial charge in [0.05, 0.1) is 7.11 Å². The summed E-state index contributed by atoms with van der Waals surface area (Å²) in [4.78, 5) is 14.2. The number of esters is 1. The maximum Gasteiger partial charge on any atom is 0.323 e. The third kappa shape index (κ3) is 2.72. The lowest BCUT2D eigenvalue weighted by molar-refractivity contribution is -0.148. The average molecular weight is 243 g/mol. The molecule has 92 valence electrons. The van der Waals surface area contributed by atoms with Crippen LogP contribution in [0.4, 0.5) is 0 Å². The number of thioether (sulfide) groups is 1. The van der Waals surface area contributed by atoms with Crippen LogP contribution >= 0.6 is 11.8 Å². The Kier molecular flexibility index (Phi) is 3.80. The van der Waals surface area contributed by atoms with Gasteiger partial charge in [-0.2, -0.15) is 11.8 Å². The van der Waals surface area contributed by atoms with Gasteiger partial charge < -0.3 is 4.74 Å². The number of ether oxygens (including phenoxy) is 1. The van der Waals surface area contributed by atoms with E-state index in [1.165, 1.54) is 20.0 Å². The van der Waals surface area contributed by atoms with Crippen LogP contribution in [0.25, 0.3) is 0 Å². The summed E-state index contributed by atoms with van der Waals surface area (Å²) in [5.41, 5.74) is 0. The van der Waals surface area contributed by atoms with Crippen LogP contribution < -0.4 is 0 Å². The van der Waals surface area contributed by atoms with Crippen LogP contribution in [0, 0.1) is 5.92 Å². The highest BCUT2D eigenvalue weighted by Crippen LogP contribution is 2.38. The van der Waals surface area contributed by atoms with Crippen molar-refractivity contribution in [1.29, 1.82) is 0 Å². The highest BCUT2D eigenvalue weighted by atomic mass is 32.2. The summed E-state index contributed by atoms with van der Waals surface area (Å²) < 4.78 is 4.95. The Morgan fingerprint density at radius 2 is 1.88 bits per heavy atom. The molecule has 1 aliphatic carbocycles. The van der Waals surface area contributed by atoms with Crippen molar-refractivity contribution in [2.24, 2.45) is 5.92 Å². The van der Waals surface area contributed by atoms with Gasteiger partial charge in [-0.15, -0.1) is 0 Å². The molecule has 0 radical (unpaired) electrons. The minimum atomic E-state index is -0.0335. The van der Waals surface area contributed by atoms with Gasteiger partial charge in [-0.05, 0) is 18.8 Å². The average Bonchev–Trinajstić information content (AvgIpc) is 3.00. The van der Waals surface area contributed by atoms with Crippen LogP contribution in [0.2, 0.25) is 0 Å². The van der Waals surface area contributed by atoms with Crippen molar-refractivity contribution in [3.63, 3.8) is 0 Å². The molecule has 0 aromatic carbocycles. The Hall–Kier alpha value is -0.220. The molecule has 0 aromatic rings. The normalized spacial score (nSPS) is 33.4. The monoisotopic (exact) mass is 243 g/mol. The van der Waals surface area contributed by atoms with Crippen molar-refractivity contribution in [3.05, 3.63) is 0 Å². The minimum absolute atomic E-state index is 0.0239. The molecule has 1 saturated heterocycles. The number of nitrogens with zero attached hydrogens (tertiary/aromatic N) is 1. The van der Waals surface area contributed by atoms with E-state index >= 15 is 0 Å². The Morgan fingerprint density at radius 3 is 2.31 bits per heavy atom. The number of rotatable bonds is 3. The standard InChI is InChI=1S/C12H21NO2S/c1-8-6-13(7-9(2)16-8)11(10-4-5-10)12(14)15-3/h8-11H,4-7H2,1-3H3. The van der Waals surface area contributed by atoms with E-state index in [9.17, 15) is 4.79 Å². The molecule has 3 nitrogen and oxygen atoms in total. The fourth-order valence-electron chi connectivity index (χ4n) is 2.62. The first-order chi connectivity index (χ1) is 7.61. The summed E-state index contributed by atoms with van der Waals surface area (Å²) in [7, 11) is 1.50. The second kappa shape index (κ2) is 4.96. The zero-order valence-electron chi connectivity index (χ0n) is 10.3. The van der Waals surface area contributed by atoms with Crippen molar-refractivity contribution in [1.82, 2.24) is 4.90 Å². The number of carbonyl (C=O) groups excluding carboxylic acids is 1. The Balaban J connectivity index is 2.04. The summed E-state index contributed by atoms with van der Waals surface area (Å²) in [5, 5.41) is 1.24. The maximum atomic E-state index is 11.8. The highest BCUT2D eigenvalue weighted by molar-refractivity contribution is 8.00. The van der Waals surface area contributed by atoms with Gasteiger partial charge in [-0.25, -0.2) is 0 Å². The first kappa shape index (κ1) is 12.2. The van der Waals surface area contributed by atoms with Gasteiger partial charge in [-0.3, -0.25) is 9.69 Å². The van der Waals surface area contributed by atoms with E-state index in [0.29, 0.717) is 16.4 Å². The molecule has 2 aliphatic rings. The molecule has 0 spiro atoms. The van der Waals surface area contributed by atoms with Crippen molar-refractivity contribution in [2.75, 3.05) is 20.2 Å². The van der Waals surface area contributed by atoms with Crippen LogP contribution in [-0.4, -0.2) is 47.6 Å². The predicted octanol–water partition coefficient (Wildman–Crippen LogP) is 1.76. The van der Waals surface area contributed by atoms with Crippen molar-refractivity contribution >= 4 is 17.7 Å². The molecule has 3 atom stereocenters. The number of hydrogen-bond donors (Lipinski definition) is 0. The first-order valence-corrected chi connectivity index (χ1v) is 7.03. The second-order valence-electron chi connectivity index (χ2n) is 5.02. The molecule has 0 aromatic heterocycles. The lowest BCUT2D eigenvalue weighted by Gasteiger charge is -2.38. The van der Waals surface area contributed by atoms with E-state index in [1.807, 2.05) is 11.8 Å². The number of hydrogen-bond acceptors (Lipinski definition) is 4. The molecular formula is C12H21NO2S. The Morgan fingerprint density at radius 1 is 1.31 bits per heavy atom. The summed E-state index contributed by atoms with van der Waals surface area (Å²) in [6.45, 7) is 6.53. The van der Waals surface area contributed by atoms with E-state index < -0.39 is 0 Å². The number of carbonyl (C=O) groups is 1. The minimum Gasteiger partial charge on any atom is -0.468 e. The van der Waals surface area contributed by atoms with E-state index in [4.69, 9.17) is 4.74 Å². The zero-order chi connectivity index (χ0) is 11.7. The lowest BCUT2D eigenvalue weighted by Crippen LogP contribution is -2.51. The van der Waals surface area contributed by atoms with Crippen LogP contribution in [0.3, 0.4) is 0 Å². The van der Waals surface area contributed by atoms with Gasteiger partial charge in [0, 0.05) is 23.6 Å². The molecule has 0 bridgehead atoms. The summed E-state index contributed by atoms with van der Waals surface area (Å²) in [5.74, 6) is 0.517. The zero-order valence-corrected chi connectivity index (χ0v) is 11.1. The van der Waals surface area contributed by atoms with Crippen molar-refractivity contribution in [3.8, 4) is 0 Å². The van der Waals surface area contributed by atoms with Crippen LogP contribution in [-0.2, 0) is 9.53 Å². The molecule has 1 aliphatic heterocycles. The van der Waals surface area contributed by atoms with Crippen LogP contribution in [0.15, 0.2) is 0 Å². The SMILES string of the molecule is COC(=O)C(C1CC1)N1CC(C)SC(C)C1. The van der Waals surface area contributed by atoms with Gasteiger partial charge in [-0.1, -0.05) is 13.8 Å². The molecular weight excluding hydrogens is 222 g/mol. The van der Waals surface area contributed by atoms with E-state index in [2.05, 4.69) is 18.7 Å². The summed E-state index contributed by atoms with van der Waals surface area (Å²) >= 11 is 2.02. The third-order valence-corrected chi connectivity index (χ3v) is 4.58. The van der Waals surface area contributed by atoms with E-state index in [-0.39, 0.29) is 12.0 Å². The molecule has 3 unspecified atom stereocenters. The molecule has 16 heavy (non-hydrogen) atoms. The van der Waals surface area contributed by atoms with E-state index in [1.54, 1.807) is 0 Å². The quantitative estimate of drug-likeness (QED) is 0.707. The van der Waals surface area contributed by atoms with Gasteiger partial charge in [0.25, 0.3) is 0 Å². The summed E-state index contributed by atoms with van der Waals surface area (Å²) in [6, 6.07) is 0.0239. The Bertz CT molecular complexity index is 258. The molecule has 4 heteroatoms. The molecule has 0 amide bonds. The number of methoxy groups -OCH3 is 1. The van der Waals surface area contributed by atoms with Gasteiger partial charge >= 0.3 is 5.97 Å². The molecule has 2 rings (SSSR count).